The minimum absolute atomic E-state index is 0.368. The predicted molar refractivity (Wildman–Crippen MR) is 69.8 cm³/mol. The predicted octanol–water partition coefficient (Wildman–Crippen LogP) is 2.02. The van der Waals surface area contributed by atoms with Gasteiger partial charge in [-0.25, -0.2) is 0 Å². The van der Waals surface area contributed by atoms with Gasteiger partial charge in [-0.05, 0) is 44.1 Å². The van der Waals surface area contributed by atoms with Gasteiger partial charge in [0.1, 0.15) is 0 Å². The van der Waals surface area contributed by atoms with Gasteiger partial charge in [-0.15, -0.1) is 0 Å². The van der Waals surface area contributed by atoms with Crippen LogP contribution in [0.25, 0.3) is 0 Å². The molecule has 2 fully saturated rings. The van der Waals surface area contributed by atoms with Gasteiger partial charge in [0.15, 0.2) is 0 Å². The fourth-order valence-electron chi connectivity index (χ4n) is 2.46. The zero-order valence-electron chi connectivity index (χ0n) is 11.2. The minimum Gasteiger partial charge on any atom is -0.342 e. The standard InChI is InChI=1S/C14H26N2O/c1-11-3-6-14(17)16(8-7-11)10-12(2)9-15-13-4-5-13/h11-13,15H,3-10H2,1-2H3. The smallest absolute Gasteiger partial charge is 0.222 e. The number of amides is 1. The molecule has 1 heterocycles. The van der Waals surface area contributed by atoms with Crippen molar-refractivity contribution in [3.8, 4) is 0 Å². The molecule has 1 saturated carbocycles. The number of carbonyl (C=O) groups excluding carboxylic acids is 1. The van der Waals surface area contributed by atoms with E-state index < -0.39 is 0 Å². The Kier molecular flexibility index (Phi) is 4.43. The van der Waals surface area contributed by atoms with Gasteiger partial charge in [0.05, 0.1) is 0 Å². The van der Waals surface area contributed by atoms with Crippen LogP contribution in [-0.2, 0) is 4.79 Å². The van der Waals surface area contributed by atoms with Crippen LogP contribution in [-0.4, -0.2) is 36.5 Å². The van der Waals surface area contributed by atoms with E-state index in [4.69, 9.17) is 0 Å². The number of nitrogens with one attached hydrogen (secondary N) is 1. The molecule has 1 saturated heterocycles. The summed E-state index contributed by atoms with van der Waals surface area (Å²) in [7, 11) is 0. The highest BCUT2D eigenvalue weighted by molar-refractivity contribution is 5.76. The summed E-state index contributed by atoms with van der Waals surface area (Å²) in [5, 5.41) is 3.55. The zero-order valence-corrected chi connectivity index (χ0v) is 11.2. The molecule has 1 aliphatic carbocycles. The Morgan fingerprint density at radius 1 is 1.35 bits per heavy atom. The molecule has 98 valence electrons. The van der Waals surface area contributed by atoms with Crippen LogP contribution >= 0.6 is 0 Å². The summed E-state index contributed by atoms with van der Waals surface area (Å²) in [5.74, 6) is 1.66. The van der Waals surface area contributed by atoms with E-state index in [1.54, 1.807) is 0 Å². The molecule has 2 unspecified atom stereocenters. The van der Waals surface area contributed by atoms with E-state index in [-0.39, 0.29) is 0 Å². The van der Waals surface area contributed by atoms with Gasteiger partial charge in [-0.3, -0.25) is 4.79 Å². The first-order chi connectivity index (χ1) is 8.15. The Balaban J connectivity index is 1.72. The summed E-state index contributed by atoms with van der Waals surface area (Å²) in [4.78, 5) is 14.0. The Bertz CT molecular complexity index is 263. The van der Waals surface area contributed by atoms with Crippen LogP contribution in [0.1, 0.15) is 46.0 Å². The lowest BCUT2D eigenvalue weighted by atomic mass is 10.0. The molecule has 3 nitrogen and oxygen atoms in total. The SMILES string of the molecule is CC1CCC(=O)N(CC(C)CNC2CC2)CC1. The molecule has 1 aliphatic heterocycles. The molecule has 1 amide bonds. The minimum atomic E-state index is 0.368. The summed E-state index contributed by atoms with van der Waals surface area (Å²) in [6.45, 7) is 7.47. The second-order valence-corrected chi connectivity index (χ2v) is 6.06. The average molecular weight is 238 g/mol. The van der Waals surface area contributed by atoms with Crippen molar-refractivity contribution in [2.75, 3.05) is 19.6 Å². The van der Waals surface area contributed by atoms with Crippen LogP contribution < -0.4 is 5.32 Å². The molecule has 1 N–H and O–H groups in total. The molecule has 2 aliphatic rings. The summed E-state index contributed by atoms with van der Waals surface area (Å²) < 4.78 is 0. The first kappa shape index (κ1) is 12.9. The number of likely N-dealkylation sites (tertiary alicyclic amines) is 1. The van der Waals surface area contributed by atoms with Crippen LogP contribution in [0.2, 0.25) is 0 Å². The average Bonchev–Trinajstić information content (AvgIpc) is 3.12. The van der Waals surface area contributed by atoms with Crippen LogP contribution in [0, 0.1) is 11.8 Å². The van der Waals surface area contributed by atoms with Gasteiger partial charge in [0.2, 0.25) is 5.91 Å². The summed E-state index contributed by atoms with van der Waals surface area (Å²) in [6, 6.07) is 0.775. The Labute approximate surface area is 105 Å². The first-order valence-electron chi connectivity index (χ1n) is 7.16. The molecule has 0 aromatic rings. The summed E-state index contributed by atoms with van der Waals surface area (Å²) in [6.07, 6.45) is 5.68. The van der Waals surface area contributed by atoms with Gasteiger partial charge >= 0.3 is 0 Å². The molecule has 0 spiro atoms. The monoisotopic (exact) mass is 238 g/mol. The third kappa shape index (κ3) is 4.30. The van der Waals surface area contributed by atoms with Crippen molar-refractivity contribution in [1.29, 1.82) is 0 Å². The van der Waals surface area contributed by atoms with Crippen LogP contribution in [0.15, 0.2) is 0 Å². The van der Waals surface area contributed by atoms with Gasteiger partial charge in [0, 0.05) is 25.6 Å². The third-order valence-corrected chi connectivity index (χ3v) is 3.96. The van der Waals surface area contributed by atoms with Crippen molar-refractivity contribution in [2.24, 2.45) is 11.8 Å². The van der Waals surface area contributed by atoms with Crippen molar-refractivity contribution < 1.29 is 4.79 Å². The molecule has 3 heteroatoms. The quantitative estimate of drug-likeness (QED) is 0.795. The number of hydrogen-bond donors (Lipinski definition) is 1. The maximum atomic E-state index is 12.0. The molecule has 0 aromatic heterocycles. The Morgan fingerprint density at radius 2 is 2.12 bits per heavy atom. The molecule has 17 heavy (non-hydrogen) atoms. The highest BCUT2D eigenvalue weighted by Crippen LogP contribution is 2.20. The highest BCUT2D eigenvalue weighted by atomic mass is 16.2. The van der Waals surface area contributed by atoms with Crippen molar-refractivity contribution in [3.05, 3.63) is 0 Å². The molecular formula is C14H26N2O. The highest BCUT2D eigenvalue weighted by Gasteiger charge is 2.24. The topological polar surface area (TPSA) is 32.3 Å². The number of rotatable bonds is 5. The maximum Gasteiger partial charge on any atom is 0.222 e. The molecule has 2 atom stereocenters. The molecule has 0 radical (unpaired) electrons. The van der Waals surface area contributed by atoms with Crippen molar-refractivity contribution in [3.63, 3.8) is 0 Å². The van der Waals surface area contributed by atoms with Crippen LogP contribution in [0.3, 0.4) is 0 Å². The summed E-state index contributed by atoms with van der Waals surface area (Å²) >= 11 is 0. The van der Waals surface area contributed by atoms with E-state index in [1.807, 2.05) is 0 Å². The van der Waals surface area contributed by atoms with E-state index in [0.717, 1.165) is 38.5 Å². The molecule has 0 bridgehead atoms. The van der Waals surface area contributed by atoms with Gasteiger partial charge < -0.3 is 10.2 Å². The first-order valence-corrected chi connectivity index (χ1v) is 7.16. The largest absolute Gasteiger partial charge is 0.342 e. The van der Waals surface area contributed by atoms with Crippen molar-refractivity contribution >= 4 is 5.91 Å². The maximum absolute atomic E-state index is 12.0. The van der Waals surface area contributed by atoms with Crippen LogP contribution in [0.5, 0.6) is 0 Å². The van der Waals surface area contributed by atoms with Crippen LogP contribution in [0.4, 0.5) is 0 Å². The molecule has 2 rings (SSSR count). The normalized spacial score (nSPS) is 28.0. The number of hydrogen-bond acceptors (Lipinski definition) is 2. The molecule has 0 aromatic carbocycles. The lowest BCUT2D eigenvalue weighted by molar-refractivity contribution is -0.131. The second-order valence-electron chi connectivity index (χ2n) is 6.06. The van der Waals surface area contributed by atoms with E-state index in [1.165, 1.54) is 19.3 Å². The van der Waals surface area contributed by atoms with Crippen molar-refractivity contribution in [2.45, 2.75) is 52.0 Å². The Hall–Kier alpha value is -0.570. The van der Waals surface area contributed by atoms with E-state index >= 15 is 0 Å². The third-order valence-electron chi connectivity index (χ3n) is 3.96. The summed E-state index contributed by atoms with van der Waals surface area (Å²) in [5.41, 5.74) is 0. The van der Waals surface area contributed by atoms with E-state index in [9.17, 15) is 4.79 Å². The number of nitrogens with zero attached hydrogens (tertiary/aromatic N) is 1. The number of carbonyl (C=O) groups is 1. The fourth-order valence-corrected chi connectivity index (χ4v) is 2.46. The van der Waals surface area contributed by atoms with E-state index in [0.29, 0.717) is 17.7 Å². The zero-order chi connectivity index (χ0) is 12.3. The van der Waals surface area contributed by atoms with Gasteiger partial charge in [-0.2, -0.15) is 0 Å². The second kappa shape index (κ2) is 5.85. The van der Waals surface area contributed by atoms with Gasteiger partial charge in [-0.1, -0.05) is 13.8 Å². The Morgan fingerprint density at radius 3 is 2.82 bits per heavy atom. The van der Waals surface area contributed by atoms with E-state index in [2.05, 4.69) is 24.1 Å². The fraction of sp³-hybridized carbons (Fsp3) is 0.929. The lowest BCUT2D eigenvalue weighted by Crippen LogP contribution is -2.37. The molecular weight excluding hydrogens is 212 g/mol. The van der Waals surface area contributed by atoms with Gasteiger partial charge in [0.25, 0.3) is 0 Å². The lowest BCUT2D eigenvalue weighted by Gasteiger charge is -2.24. The van der Waals surface area contributed by atoms with Crippen molar-refractivity contribution in [1.82, 2.24) is 10.2 Å².